The summed E-state index contributed by atoms with van der Waals surface area (Å²) >= 11 is 0. The van der Waals surface area contributed by atoms with Crippen LogP contribution in [0.25, 0.3) is 0 Å². The molecule has 824 valence electrons. The van der Waals surface area contributed by atoms with Gasteiger partial charge in [-0.25, -0.2) is 0 Å². The molecule has 0 aromatic heterocycles. The van der Waals surface area contributed by atoms with Crippen LogP contribution < -0.4 is 21.3 Å². The first-order chi connectivity index (χ1) is 67.0. The Balaban J connectivity index is 0.938. The van der Waals surface area contributed by atoms with Crippen LogP contribution in [0.3, 0.4) is 0 Å². The molecule has 11 fully saturated rings. The molecular weight excluding hydrogens is 1940 g/mol. The van der Waals surface area contributed by atoms with Gasteiger partial charge in [0.05, 0.1) is 90.4 Å². The predicted molar refractivity (Wildman–Crippen MR) is 439 cm³/mol. The first-order valence-corrected chi connectivity index (χ1v) is 45.7. The van der Waals surface area contributed by atoms with Gasteiger partial charge in [0, 0.05) is 27.7 Å². The maximum Gasteiger partial charge on any atom is 0.217 e. The molecule has 62 nitrogen and oxygen atoms in total. The highest BCUT2D eigenvalue weighted by atomic mass is 16.8. The van der Waals surface area contributed by atoms with Gasteiger partial charge >= 0.3 is 0 Å². The second kappa shape index (κ2) is 51.7. The van der Waals surface area contributed by atoms with Crippen molar-refractivity contribution in [3.8, 4) is 0 Å². The number of rotatable bonds is 39. The summed E-state index contributed by atoms with van der Waals surface area (Å²) in [6.07, 6.45) is -117. The Bertz CT molecular complexity index is 3880. The van der Waals surface area contributed by atoms with Crippen molar-refractivity contribution in [3.05, 3.63) is 0 Å². The van der Waals surface area contributed by atoms with Gasteiger partial charge in [-0.05, 0) is 20.8 Å². The summed E-state index contributed by atoms with van der Waals surface area (Å²) in [5.41, 5.74) is 0. The molecule has 11 heterocycles. The minimum absolute atomic E-state index is 0.870. The van der Waals surface area contributed by atoms with Gasteiger partial charge in [0.2, 0.25) is 23.6 Å². The molecule has 62 heteroatoms. The van der Waals surface area contributed by atoms with Crippen molar-refractivity contribution in [2.75, 3.05) is 66.1 Å². The number of nitrogens with one attached hydrogen (secondary N) is 4. The number of aliphatic hydroxyl groups is 32. The van der Waals surface area contributed by atoms with E-state index in [9.17, 15) is 183 Å². The monoisotopic (exact) mass is 2080 g/mol. The largest absolute Gasteiger partial charge is 0.394 e. The second-order valence-electron chi connectivity index (χ2n) is 36.3. The van der Waals surface area contributed by atoms with Gasteiger partial charge in [-0.15, -0.1) is 0 Å². The smallest absolute Gasteiger partial charge is 0.217 e. The van der Waals surface area contributed by atoms with Crippen molar-refractivity contribution in [2.24, 2.45) is 0 Å². The van der Waals surface area contributed by atoms with E-state index >= 15 is 0 Å². The molecule has 0 aromatic rings. The topological polar surface area (TPSA) is 967 Å². The lowest BCUT2D eigenvalue weighted by Gasteiger charge is -2.52. The highest BCUT2D eigenvalue weighted by Crippen LogP contribution is 2.43. The van der Waals surface area contributed by atoms with Crippen LogP contribution in [0.2, 0.25) is 0 Å². The molecular formula is C80H136N4O58. The number of carbonyl (C=O) groups excluding carboxylic acids is 4. The fourth-order valence-corrected chi connectivity index (χ4v) is 18.2. The van der Waals surface area contributed by atoms with Crippen LogP contribution in [-0.2, 0) is 123 Å². The summed E-state index contributed by atoms with van der Waals surface area (Å²) in [4.78, 5) is 52.8. The lowest BCUT2D eigenvalue weighted by molar-refractivity contribution is -0.398. The van der Waals surface area contributed by atoms with E-state index < -0.39 is 452 Å². The molecule has 59 atom stereocenters. The molecule has 36 N–H and O–H groups in total. The molecule has 4 amide bonds. The van der Waals surface area contributed by atoms with Gasteiger partial charge in [-0.2, -0.15) is 0 Å². The minimum atomic E-state index is -2.69. The minimum Gasteiger partial charge on any atom is -0.394 e. The highest BCUT2D eigenvalue weighted by molar-refractivity contribution is 5.74. The third kappa shape index (κ3) is 26.4. The Morgan fingerprint density at radius 3 is 0.972 bits per heavy atom. The molecule has 0 unspecified atom stereocenters. The van der Waals surface area contributed by atoms with E-state index in [4.69, 9.17) is 104 Å². The van der Waals surface area contributed by atoms with Gasteiger partial charge in [-0.3, -0.25) is 19.2 Å². The lowest BCUT2D eigenvalue weighted by atomic mass is 9.93. The van der Waals surface area contributed by atoms with Gasteiger partial charge < -0.3 is 289 Å². The fraction of sp³-hybridized carbons (Fsp3) is 0.950. The van der Waals surface area contributed by atoms with E-state index in [-0.39, 0.29) is 0 Å². The molecule has 11 aliphatic heterocycles. The maximum atomic E-state index is 13.6. The highest BCUT2D eigenvalue weighted by Gasteiger charge is 2.63. The Labute approximate surface area is 805 Å². The molecule has 0 spiro atoms. The van der Waals surface area contributed by atoms with Gasteiger partial charge in [0.1, 0.15) is 268 Å². The van der Waals surface area contributed by atoms with E-state index in [1.165, 1.54) is 20.8 Å². The standard InChI is InChI=1S/C80H136N4O58/c1-18-38(98)47(107)54(114)73(123-18)121-16-26(97)61(41(101)25(8-85)81-21(4)93)134-70-35(82-22(5)94)46(106)62(30(12-89)129-70)136-79-60(120)68(141-78-59(119)53(113)63(31(13-90)132-78)135-71-36(83-23(6)95)66(139-74-55(115)48(108)39(99)19(2)124-74)64(32(14-91)130-71)137-76-57(117)50(110)42(102)27(9-86)126-76)45(105)34(133-79)17-122-80-69(52(112)44(104)29(11-88)128-80)142-72-37(84-24(7)96)67(140-75-56(116)49(109)40(100)20(3)125-75)65(33(15-92)131-72)138-77-58(118)51(111)43(103)28(10-87)127-77/h18-20,25-80,85-92,97-120H,8-17H2,1-7H3,(H,81,93)(H,82,94)(H,83,95)(H,84,96)/t18-,19-,20-,25-,26+,27+,28+,29+,30+,31+,32+,33+,34+,35+,36+,37+,38+,39+,40+,41+,42-,43-,44+,45+,46+,47+,48+,49+,50-,51-,52-,53+,54-,55-,56-,57+,58+,59-,60-,61+,62+,63+,64+,65+,66+,67+,68-,69-,70-,71-,72-,73+,74-,75-,76-,77-,78+,79-,80-/m0/s1. The summed E-state index contributed by atoms with van der Waals surface area (Å²) in [6, 6.07) is -7.98. The van der Waals surface area contributed by atoms with Gasteiger partial charge in [0.15, 0.2) is 69.2 Å². The van der Waals surface area contributed by atoms with E-state index in [0.29, 0.717) is 0 Å². The van der Waals surface area contributed by atoms with Crippen LogP contribution in [0.4, 0.5) is 0 Å². The Kier molecular flexibility index (Phi) is 42.9. The second-order valence-corrected chi connectivity index (χ2v) is 36.3. The van der Waals surface area contributed by atoms with E-state index in [1.807, 2.05) is 0 Å². The van der Waals surface area contributed by atoms with Gasteiger partial charge in [-0.1, -0.05) is 0 Å². The average molecular weight is 2080 g/mol. The van der Waals surface area contributed by atoms with E-state index in [0.717, 1.165) is 27.7 Å². The van der Waals surface area contributed by atoms with Gasteiger partial charge in [0.25, 0.3) is 0 Å². The molecule has 0 saturated carbocycles. The Morgan fingerprint density at radius 1 is 0.261 bits per heavy atom. The number of amides is 4. The molecule has 0 radical (unpaired) electrons. The van der Waals surface area contributed by atoms with Crippen LogP contribution in [0, 0.1) is 0 Å². The first kappa shape index (κ1) is 118. The van der Waals surface area contributed by atoms with Crippen molar-refractivity contribution in [1.29, 1.82) is 0 Å². The van der Waals surface area contributed by atoms with Crippen LogP contribution >= 0.6 is 0 Å². The SMILES string of the molecule is CC(=O)N[C@H]1[C@H](O[C@@H]([C@H](O)[C@H](CO)NC(C)=O)[C@H](O)CO[C@@H]2O[C@@H](C)[C@@H](O)[C@@H](O)[C@@H]2O)O[C@H](CO)[C@@H](O[C@@H]2O[C@H](CO[C@H]3O[C@H](CO)[C@@H](O)[C@H](O)[C@@H]3O[C@@H]3O[C@H](CO)[C@@H](O[C@@H]4O[C@H](CO)[C@H](O)[C@H](O)[C@H]4O)[C@H](O[C@@H]4O[C@@H](C)[C@@H](O)[C@@H](O)[C@@H]4O)[C@H]3NC(C)=O)[C@@H](O)[C@H](O[C@H]3O[C@H](CO)[C@@H](O[C@@H]4O[C@H](CO)[C@@H](O[C@@H]5O[C@H](CO)[C@H](O)[C@H](O)[C@H]5O)[C@H](O[C@@H]5O[C@@H](C)[C@@H](O)[C@@H](O)[C@@H]5O)[C@H]4NC(C)=O)[C@H](O)[C@@H]3O)[C@@H]2O)[C@@H]1O. The molecule has 0 aromatic carbocycles. The zero-order chi connectivity index (χ0) is 105. The number of ether oxygens (including phenoxy) is 22. The number of aliphatic hydroxyl groups excluding tert-OH is 32. The summed E-state index contributed by atoms with van der Waals surface area (Å²) in [5.74, 6) is -3.99. The van der Waals surface area contributed by atoms with Crippen molar-refractivity contribution < 1.29 is 287 Å². The van der Waals surface area contributed by atoms with Crippen LogP contribution in [0.15, 0.2) is 0 Å². The van der Waals surface area contributed by atoms with Crippen molar-refractivity contribution in [1.82, 2.24) is 21.3 Å². The van der Waals surface area contributed by atoms with Crippen LogP contribution in [0.5, 0.6) is 0 Å². The van der Waals surface area contributed by atoms with Crippen molar-refractivity contribution in [3.63, 3.8) is 0 Å². The average Bonchev–Trinajstić information content (AvgIpc) is 0.755. The Hall–Kier alpha value is -4.28. The predicted octanol–water partition coefficient (Wildman–Crippen LogP) is -23.9. The zero-order valence-electron chi connectivity index (χ0n) is 77.1. The normalized spacial score (nSPS) is 48.6. The summed E-state index contributed by atoms with van der Waals surface area (Å²) in [6.45, 7) is -4.60. The number of hydrogen-bond donors (Lipinski definition) is 36. The fourth-order valence-electron chi connectivity index (χ4n) is 18.2. The molecule has 11 rings (SSSR count). The molecule has 0 aliphatic carbocycles. The van der Waals surface area contributed by atoms with Crippen molar-refractivity contribution >= 4 is 23.6 Å². The number of carbonyl (C=O) groups is 4. The van der Waals surface area contributed by atoms with E-state index in [1.54, 1.807) is 0 Å². The zero-order valence-corrected chi connectivity index (χ0v) is 77.1. The maximum absolute atomic E-state index is 13.6. The summed E-state index contributed by atoms with van der Waals surface area (Å²) < 4.78 is 132. The summed E-state index contributed by atoms with van der Waals surface area (Å²) in [5, 5.41) is 370. The first-order valence-electron chi connectivity index (χ1n) is 45.7. The van der Waals surface area contributed by atoms with Crippen LogP contribution in [-0.4, -0.2) is 615 Å². The van der Waals surface area contributed by atoms with Crippen molar-refractivity contribution in [2.45, 2.75) is 410 Å². The third-order valence-corrected chi connectivity index (χ3v) is 26.2. The lowest BCUT2D eigenvalue weighted by Crippen LogP contribution is -2.71. The quantitative estimate of drug-likeness (QED) is 0.0272. The van der Waals surface area contributed by atoms with E-state index in [2.05, 4.69) is 21.3 Å². The Morgan fingerprint density at radius 2 is 0.556 bits per heavy atom. The molecule has 142 heavy (non-hydrogen) atoms. The molecule has 11 saturated heterocycles. The molecule has 0 bridgehead atoms. The van der Waals surface area contributed by atoms with Crippen LogP contribution in [0.1, 0.15) is 48.5 Å². The third-order valence-electron chi connectivity index (χ3n) is 26.2. The summed E-state index contributed by atoms with van der Waals surface area (Å²) in [7, 11) is 0. The number of hydrogen-bond acceptors (Lipinski definition) is 58. The molecule has 11 aliphatic rings.